The Hall–Kier alpha value is -1.22. The predicted molar refractivity (Wildman–Crippen MR) is 71.6 cm³/mol. The maximum absolute atomic E-state index is 9.18. The zero-order chi connectivity index (χ0) is 12.7. The molecule has 1 aromatic rings. The molecule has 1 aromatic carbocycles. The van der Waals surface area contributed by atoms with Crippen LogP contribution in [0.1, 0.15) is 27.2 Å². The molecule has 96 valence electrons. The summed E-state index contributed by atoms with van der Waals surface area (Å²) in [5.41, 5.74) is 0.917. The summed E-state index contributed by atoms with van der Waals surface area (Å²) in [6, 6.07) is 7.92. The van der Waals surface area contributed by atoms with Gasteiger partial charge in [0.2, 0.25) is 0 Å². The Labute approximate surface area is 104 Å². The molecular weight excluding hydrogens is 214 g/mol. The van der Waals surface area contributed by atoms with Crippen LogP contribution in [0.15, 0.2) is 24.3 Å². The van der Waals surface area contributed by atoms with Crippen LogP contribution in [0.2, 0.25) is 0 Å². The third-order valence-electron chi connectivity index (χ3n) is 2.51. The van der Waals surface area contributed by atoms with Gasteiger partial charge in [0.25, 0.3) is 0 Å². The molecule has 0 aliphatic heterocycles. The molecule has 0 amide bonds. The molecule has 17 heavy (non-hydrogen) atoms. The minimum absolute atomic E-state index is 0.111. The van der Waals surface area contributed by atoms with E-state index in [2.05, 4.69) is 12.2 Å². The minimum Gasteiger partial charge on any atom is -0.494 e. The number of rotatable bonds is 7. The molecule has 0 saturated carbocycles. The van der Waals surface area contributed by atoms with Gasteiger partial charge in [-0.05, 0) is 18.6 Å². The fourth-order valence-electron chi connectivity index (χ4n) is 1.31. The van der Waals surface area contributed by atoms with Gasteiger partial charge in [-0.25, -0.2) is 0 Å². The average Bonchev–Trinajstić information content (AvgIpc) is 2.35. The molecule has 0 spiro atoms. The van der Waals surface area contributed by atoms with Crippen molar-refractivity contribution in [3.05, 3.63) is 24.3 Å². The van der Waals surface area contributed by atoms with Gasteiger partial charge in [0, 0.05) is 30.3 Å². The van der Waals surface area contributed by atoms with Crippen molar-refractivity contribution in [1.82, 2.24) is 0 Å². The first kappa shape index (κ1) is 13.8. The van der Waals surface area contributed by atoms with Crippen molar-refractivity contribution in [2.45, 2.75) is 27.2 Å². The molecule has 0 saturated heterocycles. The lowest BCUT2D eigenvalue weighted by Gasteiger charge is -2.22. The van der Waals surface area contributed by atoms with Crippen molar-refractivity contribution in [3.63, 3.8) is 0 Å². The van der Waals surface area contributed by atoms with Gasteiger partial charge in [-0.3, -0.25) is 0 Å². The number of aliphatic hydroxyl groups excluding tert-OH is 1. The van der Waals surface area contributed by atoms with Crippen LogP contribution in [0, 0.1) is 5.41 Å². The quantitative estimate of drug-likeness (QED) is 0.766. The van der Waals surface area contributed by atoms with E-state index in [1.165, 1.54) is 0 Å². The molecule has 0 bridgehead atoms. The Morgan fingerprint density at radius 1 is 1.35 bits per heavy atom. The van der Waals surface area contributed by atoms with Crippen molar-refractivity contribution in [2.75, 3.05) is 25.1 Å². The predicted octanol–water partition coefficient (Wildman–Crippen LogP) is 2.91. The summed E-state index contributed by atoms with van der Waals surface area (Å²) in [6.07, 6.45) is 1.01. The molecular formula is C14H23NO2. The second-order valence-corrected chi connectivity index (χ2v) is 5.05. The third kappa shape index (κ3) is 5.09. The third-order valence-corrected chi connectivity index (χ3v) is 2.51. The highest BCUT2D eigenvalue weighted by molar-refractivity contribution is 5.48. The number of ether oxygens (including phenoxy) is 1. The van der Waals surface area contributed by atoms with Crippen LogP contribution in [0.5, 0.6) is 5.75 Å². The highest BCUT2D eigenvalue weighted by atomic mass is 16.5. The van der Waals surface area contributed by atoms with Crippen LogP contribution in [-0.4, -0.2) is 24.9 Å². The van der Waals surface area contributed by atoms with E-state index in [0.717, 1.165) is 31.0 Å². The van der Waals surface area contributed by atoms with Crippen molar-refractivity contribution < 1.29 is 9.84 Å². The summed E-state index contributed by atoms with van der Waals surface area (Å²) in [5, 5.41) is 12.5. The van der Waals surface area contributed by atoms with E-state index in [4.69, 9.17) is 4.74 Å². The van der Waals surface area contributed by atoms with Gasteiger partial charge in [-0.2, -0.15) is 0 Å². The van der Waals surface area contributed by atoms with E-state index < -0.39 is 0 Å². The summed E-state index contributed by atoms with van der Waals surface area (Å²) in [4.78, 5) is 0. The number of anilines is 1. The van der Waals surface area contributed by atoms with Crippen molar-refractivity contribution in [1.29, 1.82) is 0 Å². The monoisotopic (exact) mass is 237 g/mol. The molecule has 0 atom stereocenters. The summed E-state index contributed by atoms with van der Waals surface area (Å²) < 4.78 is 5.56. The number of nitrogens with one attached hydrogen (secondary N) is 1. The number of benzene rings is 1. The molecule has 0 heterocycles. The largest absolute Gasteiger partial charge is 0.494 e. The summed E-state index contributed by atoms with van der Waals surface area (Å²) >= 11 is 0. The van der Waals surface area contributed by atoms with Crippen LogP contribution < -0.4 is 10.1 Å². The Morgan fingerprint density at radius 3 is 2.76 bits per heavy atom. The van der Waals surface area contributed by atoms with Gasteiger partial charge in [-0.1, -0.05) is 26.8 Å². The molecule has 3 nitrogen and oxygen atoms in total. The summed E-state index contributed by atoms with van der Waals surface area (Å²) in [5.74, 6) is 0.888. The SMILES string of the molecule is CCCOc1cccc(NCC(C)(C)CO)c1. The van der Waals surface area contributed by atoms with Gasteiger partial charge >= 0.3 is 0 Å². The van der Waals surface area contributed by atoms with E-state index in [1.54, 1.807) is 0 Å². The smallest absolute Gasteiger partial charge is 0.121 e. The lowest BCUT2D eigenvalue weighted by Crippen LogP contribution is -2.26. The Morgan fingerprint density at radius 2 is 2.12 bits per heavy atom. The first-order valence-corrected chi connectivity index (χ1v) is 6.15. The van der Waals surface area contributed by atoms with Gasteiger partial charge in [0.05, 0.1) is 6.61 Å². The van der Waals surface area contributed by atoms with Crippen LogP contribution >= 0.6 is 0 Å². The first-order valence-electron chi connectivity index (χ1n) is 6.15. The zero-order valence-electron chi connectivity index (χ0n) is 11.0. The lowest BCUT2D eigenvalue weighted by atomic mass is 9.95. The summed E-state index contributed by atoms with van der Waals surface area (Å²) in [7, 11) is 0. The van der Waals surface area contributed by atoms with Crippen LogP contribution in [-0.2, 0) is 0 Å². The molecule has 0 unspecified atom stereocenters. The standard InChI is InChI=1S/C14H23NO2/c1-4-8-17-13-7-5-6-12(9-13)15-10-14(2,3)11-16/h5-7,9,15-16H,4,8,10-11H2,1-3H3. The average molecular weight is 237 g/mol. The maximum atomic E-state index is 9.18. The van der Waals surface area contributed by atoms with Crippen molar-refractivity contribution >= 4 is 5.69 Å². The topological polar surface area (TPSA) is 41.5 Å². The fourth-order valence-corrected chi connectivity index (χ4v) is 1.31. The zero-order valence-corrected chi connectivity index (χ0v) is 11.0. The van der Waals surface area contributed by atoms with E-state index in [-0.39, 0.29) is 12.0 Å². The molecule has 0 fully saturated rings. The highest BCUT2D eigenvalue weighted by Gasteiger charge is 2.15. The van der Waals surface area contributed by atoms with E-state index in [0.29, 0.717) is 0 Å². The van der Waals surface area contributed by atoms with E-state index in [9.17, 15) is 5.11 Å². The van der Waals surface area contributed by atoms with Crippen LogP contribution in [0.4, 0.5) is 5.69 Å². The molecule has 0 aliphatic rings. The van der Waals surface area contributed by atoms with E-state index >= 15 is 0 Å². The van der Waals surface area contributed by atoms with E-state index in [1.807, 2.05) is 38.1 Å². The van der Waals surface area contributed by atoms with Gasteiger partial charge in [-0.15, -0.1) is 0 Å². The molecule has 0 aliphatic carbocycles. The number of hydrogen-bond donors (Lipinski definition) is 2. The van der Waals surface area contributed by atoms with Gasteiger partial charge < -0.3 is 15.2 Å². The fraction of sp³-hybridized carbons (Fsp3) is 0.571. The van der Waals surface area contributed by atoms with Crippen molar-refractivity contribution in [2.24, 2.45) is 5.41 Å². The molecule has 1 rings (SSSR count). The maximum Gasteiger partial charge on any atom is 0.121 e. The van der Waals surface area contributed by atoms with Crippen LogP contribution in [0.3, 0.4) is 0 Å². The molecule has 0 radical (unpaired) electrons. The second-order valence-electron chi connectivity index (χ2n) is 5.05. The number of aliphatic hydroxyl groups is 1. The summed E-state index contributed by atoms with van der Waals surface area (Å²) in [6.45, 7) is 7.79. The van der Waals surface area contributed by atoms with Crippen LogP contribution in [0.25, 0.3) is 0 Å². The molecule has 3 heteroatoms. The minimum atomic E-state index is -0.111. The van der Waals surface area contributed by atoms with Gasteiger partial charge in [0.1, 0.15) is 5.75 Å². The Kier molecular flexibility index (Phi) is 5.29. The number of hydrogen-bond acceptors (Lipinski definition) is 3. The van der Waals surface area contributed by atoms with Crippen molar-refractivity contribution in [3.8, 4) is 5.75 Å². The lowest BCUT2D eigenvalue weighted by molar-refractivity contribution is 0.171. The Bertz CT molecular complexity index is 337. The molecule has 0 aromatic heterocycles. The second kappa shape index (κ2) is 6.50. The van der Waals surface area contributed by atoms with Gasteiger partial charge in [0.15, 0.2) is 0 Å². The Balaban J connectivity index is 2.53. The first-order chi connectivity index (χ1) is 8.07. The highest BCUT2D eigenvalue weighted by Crippen LogP contribution is 2.20. The molecule has 2 N–H and O–H groups in total. The normalized spacial score (nSPS) is 11.3.